The Morgan fingerprint density at radius 1 is 1.53 bits per heavy atom. The summed E-state index contributed by atoms with van der Waals surface area (Å²) < 4.78 is 6.54. The summed E-state index contributed by atoms with van der Waals surface area (Å²) in [7, 11) is 0. The van der Waals surface area contributed by atoms with Crippen LogP contribution in [0.2, 0.25) is 5.02 Å². The van der Waals surface area contributed by atoms with Gasteiger partial charge in [-0.1, -0.05) is 11.6 Å². The van der Waals surface area contributed by atoms with Gasteiger partial charge in [-0.15, -0.1) is 0 Å². The van der Waals surface area contributed by atoms with Crippen LogP contribution in [0.3, 0.4) is 0 Å². The van der Waals surface area contributed by atoms with Gasteiger partial charge in [0, 0.05) is 9.50 Å². The topological polar surface area (TPSA) is 21.3 Å². The highest BCUT2D eigenvalue weighted by Crippen LogP contribution is 2.29. The molecule has 0 amide bonds. The summed E-state index contributed by atoms with van der Waals surface area (Å²) in [6.45, 7) is 2.79. The number of allylic oxidation sites excluding steroid dienone is 1. The second kappa shape index (κ2) is 5.78. The minimum atomic E-state index is 0.243. The Kier molecular flexibility index (Phi) is 4.35. The fourth-order valence-corrected chi connectivity index (χ4v) is 2.50. The first-order valence-electron chi connectivity index (χ1n) is 5.67. The van der Waals surface area contributed by atoms with Gasteiger partial charge in [0.15, 0.2) is 0 Å². The zero-order chi connectivity index (χ0) is 12.3. The Morgan fingerprint density at radius 3 is 3.06 bits per heavy atom. The lowest BCUT2D eigenvalue weighted by molar-refractivity contribution is 0.135. The van der Waals surface area contributed by atoms with Gasteiger partial charge in [-0.25, -0.2) is 0 Å². The molecule has 4 heteroatoms. The molecule has 92 valence electrons. The van der Waals surface area contributed by atoms with Crippen molar-refractivity contribution < 1.29 is 4.74 Å². The largest absolute Gasteiger partial charge is 0.497 e. The maximum atomic E-state index is 6.10. The maximum Gasteiger partial charge on any atom is 0.115 e. The second-order valence-corrected chi connectivity index (χ2v) is 5.43. The Hall–Kier alpha value is -0.670. The molecular weight excluding hydrogens is 302 g/mol. The van der Waals surface area contributed by atoms with E-state index in [0.717, 1.165) is 40.1 Å². The van der Waals surface area contributed by atoms with E-state index < -0.39 is 0 Å². The van der Waals surface area contributed by atoms with Crippen molar-refractivity contribution in [2.24, 2.45) is 0 Å². The van der Waals surface area contributed by atoms with Gasteiger partial charge in [0.25, 0.3) is 0 Å². The molecule has 0 bridgehead atoms. The zero-order valence-electron chi connectivity index (χ0n) is 9.67. The van der Waals surface area contributed by atoms with Crippen molar-refractivity contribution in [1.29, 1.82) is 0 Å². The van der Waals surface area contributed by atoms with Gasteiger partial charge in [-0.3, -0.25) is 0 Å². The minimum absolute atomic E-state index is 0.243. The standard InChI is InChI=1S/C13H15BrClNO/c1-9-6-11(14)13(7-12(9)15)16-8-10-4-2-3-5-17-10/h3,5-7,10,16H,2,4,8H2,1H3. The molecule has 0 aromatic heterocycles. The highest BCUT2D eigenvalue weighted by molar-refractivity contribution is 9.10. The maximum absolute atomic E-state index is 6.10. The molecule has 1 aromatic carbocycles. The Morgan fingerprint density at radius 2 is 2.35 bits per heavy atom. The van der Waals surface area contributed by atoms with E-state index in [1.54, 1.807) is 6.26 Å². The van der Waals surface area contributed by atoms with E-state index in [2.05, 4.69) is 27.3 Å². The fourth-order valence-electron chi connectivity index (χ4n) is 1.74. The Labute approximate surface area is 115 Å². The van der Waals surface area contributed by atoms with Gasteiger partial charge in [0.2, 0.25) is 0 Å². The van der Waals surface area contributed by atoms with Crippen LogP contribution in [-0.2, 0) is 4.74 Å². The molecule has 1 heterocycles. The van der Waals surface area contributed by atoms with Crippen LogP contribution in [-0.4, -0.2) is 12.6 Å². The molecule has 17 heavy (non-hydrogen) atoms. The summed E-state index contributed by atoms with van der Waals surface area (Å²) in [5, 5.41) is 4.14. The zero-order valence-corrected chi connectivity index (χ0v) is 12.0. The van der Waals surface area contributed by atoms with Gasteiger partial charge in [0.1, 0.15) is 6.10 Å². The summed E-state index contributed by atoms with van der Waals surface area (Å²) in [6, 6.07) is 3.96. The molecule has 2 rings (SSSR count). The quantitative estimate of drug-likeness (QED) is 0.885. The molecule has 1 aliphatic heterocycles. The van der Waals surface area contributed by atoms with Crippen molar-refractivity contribution >= 4 is 33.2 Å². The molecule has 1 N–H and O–H groups in total. The van der Waals surface area contributed by atoms with E-state index >= 15 is 0 Å². The summed E-state index contributed by atoms with van der Waals surface area (Å²) in [5.41, 5.74) is 2.08. The number of rotatable bonds is 3. The summed E-state index contributed by atoms with van der Waals surface area (Å²) in [6.07, 6.45) is 6.22. The van der Waals surface area contributed by atoms with Crippen molar-refractivity contribution in [3.63, 3.8) is 0 Å². The van der Waals surface area contributed by atoms with Crippen molar-refractivity contribution in [2.75, 3.05) is 11.9 Å². The molecule has 1 atom stereocenters. The molecule has 1 unspecified atom stereocenters. The number of halogens is 2. The molecule has 0 saturated heterocycles. The first-order valence-corrected chi connectivity index (χ1v) is 6.84. The third-order valence-electron chi connectivity index (χ3n) is 2.79. The van der Waals surface area contributed by atoms with Crippen LogP contribution >= 0.6 is 27.5 Å². The first-order chi connectivity index (χ1) is 8.16. The molecular formula is C13H15BrClNO. The highest BCUT2D eigenvalue weighted by Gasteiger charge is 2.11. The second-order valence-electron chi connectivity index (χ2n) is 4.17. The third-order valence-corrected chi connectivity index (χ3v) is 3.85. The smallest absolute Gasteiger partial charge is 0.115 e. The van der Waals surface area contributed by atoms with Gasteiger partial charge in [-0.2, -0.15) is 0 Å². The van der Waals surface area contributed by atoms with Crippen molar-refractivity contribution in [3.05, 3.63) is 39.5 Å². The SMILES string of the molecule is Cc1cc(Br)c(NCC2CCC=CO2)cc1Cl. The molecule has 2 nitrogen and oxygen atoms in total. The van der Waals surface area contributed by atoms with Gasteiger partial charge < -0.3 is 10.1 Å². The van der Waals surface area contributed by atoms with E-state index in [1.807, 2.05) is 19.1 Å². The molecule has 0 aliphatic carbocycles. The first kappa shape index (κ1) is 12.8. The number of benzene rings is 1. The number of anilines is 1. The summed E-state index contributed by atoms with van der Waals surface area (Å²) in [5.74, 6) is 0. The molecule has 0 radical (unpaired) electrons. The molecule has 1 aromatic rings. The Balaban J connectivity index is 1.98. The summed E-state index contributed by atoms with van der Waals surface area (Å²) >= 11 is 9.63. The molecule has 0 spiro atoms. The third kappa shape index (κ3) is 3.39. The lowest BCUT2D eigenvalue weighted by atomic mass is 10.1. The lowest BCUT2D eigenvalue weighted by Crippen LogP contribution is -2.23. The molecule has 0 fully saturated rings. The van der Waals surface area contributed by atoms with Crippen molar-refractivity contribution in [1.82, 2.24) is 0 Å². The number of hydrogen-bond donors (Lipinski definition) is 1. The van der Waals surface area contributed by atoms with E-state index in [9.17, 15) is 0 Å². The van der Waals surface area contributed by atoms with Crippen LogP contribution in [0.1, 0.15) is 18.4 Å². The van der Waals surface area contributed by atoms with Crippen molar-refractivity contribution in [3.8, 4) is 0 Å². The van der Waals surface area contributed by atoms with Crippen LogP contribution in [0.25, 0.3) is 0 Å². The van der Waals surface area contributed by atoms with Gasteiger partial charge >= 0.3 is 0 Å². The van der Waals surface area contributed by atoms with Gasteiger partial charge in [-0.05, 0) is 59.5 Å². The number of ether oxygens (including phenoxy) is 1. The van der Waals surface area contributed by atoms with Crippen LogP contribution in [0.4, 0.5) is 5.69 Å². The highest BCUT2D eigenvalue weighted by atomic mass is 79.9. The Bertz CT molecular complexity index is 434. The fraction of sp³-hybridized carbons (Fsp3) is 0.385. The van der Waals surface area contributed by atoms with E-state index in [0.29, 0.717) is 0 Å². The van der Waals surface area contributed by atoms with E-state index in [1.165, 1.54) is 0 Å². The van der Waals surface area contributed by atoms with E-state index in [-0.39, 0.29) is 6.10 Å². The van der Waals surface area contributed by atoms with Crippen LogP contribution in [0.5, 0.6) is 0 Å². The number of hydrogen-bond acceptors (Lipinski definition) is 2. The summed E-state index contributed by atoms with van der Waals surface area (Å²) in [4.78, 5) is 0. The van der Waals surface area contributed by atoms with Crippen LogP contribution < -0.4 is 5.32 Å². The van der Waals surface area contributed by atoms with E-state index in [4.69, 9.17) is 16.3 Å². The number of aryl methyl sites for hydroxylation is 1. The molecule has 0 saturated carbocycles. The normalized spacial score (nSPS) is 18.9. The monoisotopic (exact) mass is 315 g/mol. The average Bonchev–Trinajstić information content (AvgIpc) is 2.33. The average molecular weight is 317 g/mol. The minimum Gasteiger partial charge on any atom is -0.497 e. The lowest BCUT2D eigenvalue weighted by Gasteiger charge is -2.21. The predicted octanol–water partition coefficient (Wildman–Crippen LogP) is 4.52. The molecule has 1 aliphatic rings. The van der Waals surface area contributed by atoms with Crippen LogP contribution in [0, 0.1) is 6.92 Å². The van der Waals surface area contributed by atoms with Gasteiger partial charge in [0.05, 0.1) is 18.5 Å². The predicted molar refractivity (Wildman–Crippen MR) is 75.6 cm³/mol. The van der Waals surface area contributed by atoms with Crippen LogP contribution in [0.15, 0.2) is 28.9 Å². The van der Waals surface area contributed by atoms with Crippen molar-refractivity contribution in [2.45, 2.75) is 25.9 Å². The number of nitrogens with one attached hydrogen (secondary N) is 1.